The summed E-state index contributed by atoms with van der Waals surface area (Å²) in [6.45, 7) is 4.54. The number of nitrogens with one attached hydrogen (secondary N) is 1. The van der Waals surface area contributed by atoms with Crippen LogP contribution in [0, 0.1) is 0 Å². The molecule has 1 N–H and O–H groups in total. The molecule has 1 aliphatic rings. The van der Waals surface area contributed by atoms with Crippen LogP contribution in [0.3, 0.4) is 0 Å². The molecule has 1 aromatic rings. The molecule has 1 saturated heterocycles. The van der Waals surface area contributed by atoms with Crippen LogP contribution in [0.2, 0.25) is 10.0 Å². The summed E-state index contributed by atoms with van der Waals surface area (Å²) < 4.78 is 0. The number of benzene rings is 1. The van der Waals surface area contributed by atoms with Gasteiger partial charge >= 0.3 is 0 Å². The molecule has 1 aliphatic heterocycles. The van der Waals surface area contributed by atoms with Gasteiger partial charge in [0.1, 0.15) is 0 Å². The molecule has 6 heteroatoms. The van der Waals surface area contributed by atoms with Crippen molar-refractivity contribution in [1.29, 1.82) is 0 Å². The number of hydrogen-bond acceptors (Lipinski definition) is 2. The van der Waals surface area contributed by atoms with Crippen molar-refractivity contribution >= 4 is 41.5 Å². The van der Waals surface area contributed by atoms with E-state index in [1.54, 1.807) is 12.1 Å². The zero-order valence-corrected chi connectivity index (χ0v) is 13.7. The fraction of sp³-hybridized carbons (Fsp3) is 0.500. The molecule has 0 aliphatic carbocycles. The molecular formula is C14H19Cl3N2O. The number of hydrogen-bond donors (Lipinski definition) is 1. The Morgan fingerprint density at radius 3 is 2.85 bits per heavy atom. The molecule has 0 spiro atoms. The summed E-state index contributed by atoms with van der Waals surface area (Å²) >= 11 is 12.0. The van der Waals surface area contributed by atoms with Crippen LogP contribution in [0.25, 0.3) is 0 Å². The summed E-state index contributed by atoms with van der Waals surface area (Å²) in [6, 6.07) is 5.78. The van der Waals surface area contributed by atoms with E-state index in [9.17, 15) is 4.79 Å². The Hall–Kier alpha value is -0.480. The van der Waals surface area contributed by atoms with Gasteiger partial charge in [-0.1, -0.05) is 29.3 Å². The van der Waals surface area contributed by atoms with Crippen LogP contribution in [0.4, 0.5) is 0 Å². The monoisotopic (exact) mass is 336 g/mol. The van der Waals surface area contributed by atoms with E-state index in [4.69, 9.17) is 23.2 Å². The Bertz CT molecular complexity index is 468. The molecule has 1 fully saturated rings. The molecule has 112 valence electrons. The summed E-state index contributed by atoms with van der Waals surface area (Å²) in [4.78, 5) is 14.0. The first-order chi connectivity index (χ1) is 9.06. The summed E-state index contributed by atoms with van der Waals surface area (Å²) in [5, 5.41) is 4.58. The van der Waals surface area contributed by atoms with Crippen molar-refractivity contribution in [3.05, 3.63) is 33.8 Å². The van der Waals surface area contributed by atoms with E-state index in [1.807, 2.05) is 11.0 Å². The number of rotatable bonds is 3. The molecule has 1 amide bonds. The average molecular weight is 338 g/mol. The molecule has 0 saturated carbocycles. The number of carbonyl (C=O) groups is 1. The first-order valence-electron chi connectivity index (χ1n) is 6.51. The first-order valence-corrected chi connectivity index (χ1v) is 7.27. The highest BCUT2D eigenvalue weighted by atomic mass is 35.5. The maximum absolute atomic E-state index is 12.1. The number of aryl methyl sites for hydroxylation is 1. The van der Waals surface area contributed by atoms with Crippen LogP contribution in [0.1, 0.15) is 18.9 Å². The summed E-state index contributed by atoms with van der Waals surface area (Å²) in [5.74, 6) is 0.194. The Balaban J connectivity index is 0.00000200. The standard InChI is InChI=1S/C14H18Cl2N2O.ClH/c1-10-9-18(7-6-17-10)14(19)5-3-11-2-4-12(15)8-13(11)16;/h2,4,8,10,17H,3,5-7,9H2,1H3;1H. The summed E-state index contributed by atoms with van der Waals surface area (Å²) in [7, 11) is 0. The third-order valence-corrected chi connectivity index (χ3v) is 3.93. The van der Waals surface area contributed by atoms with Crippen molar-refractivity contribution in [3.63, 3.8) is 0 Å². The minimum Gasteiger partial charge on any atom is -0.340 e. The van der Waals surface area contributed by atoms with Crippen LogP contribution in [-0.2, 0) is 11.2 Å². The molecule has 2 rings (SSSR count). The highest BCUT2D eigenvalue weighted by Crippen LogP contribution is 2.22. The van der Waals surface area contributed by atoms with E-state index in [1.165, 1.54) is 0 Å². The lowest BCUT2D eigenvalue weighted by molar-refractivity contribution is -0.132. The van der Waals surface area contributed by atoms with E-state index in [2.05, 4.69) is 12.2 Å². The van der Waals surface area contributed by atoms with Gasteiger partial charge in [-0.3, -0.25) is 4.79 Å². The Kier molecular flexibility index (Phi) is 7.10. The Labute approximate surface area is 136 Å². The molecule has 3 nitrogen and oxygen atoms in total. The van der Waals surface area contributed by atoms with Crippen molar-refractivity contribution < 1.29 is 4.79 Å². The summed E-state index contributed by atoms with van der Waals surface area (Å²) in [5.41, 5.74) is 0.975. The fourth-order valence-electron chi connectivity index (χ4n) is 2.28. The van der Waals surface area contributed by atoms with Crippen LogP contribution in [0.5, 0.6) is 0 Å². The molecule has 20 heavy (non-hydrogen) atoms. The normalized spacial score (nSPS) is 18.6. The largest absolute Gasteiger partial charge is 0.340 e. The Morgan fingerprint density at radius 2 is 2.20 bits per heavy atom. The topological polar surface area (TPSA) is 32.3 Å². The lowest BCUT2D eigenvalue weighted by Gasteiger charge is -2.32. The number of halogens is 3. The van der Waals surface area contributed by atoms with Gasteiger partial charge in [0, 0.05) is 42.1 Å². The second-order valence-corrected chi connectivity index (χ2v) is 5.77. The van der Waals surface area contributed by atoms with Gasteiger partial charge < -0.3 is 10.2 Å². The number of carbonyl (C=O) groups excluding carboxylic acids is 1. The van der Waals surface area contributed by atoms with Crippen molar-refractivity contribution in [3.8, 4) is 0 Å². The minimum atomic E-state index is 0. The zero-order chi connectivity index (χ0) is 13.8. The van der Waals surface area contributed by atoms with Gasteiger partial charge in [0.15, 0.2) is 0 Å². The van der Waals surface area contributed by atoms with Gasteiger partial charge in [0.25, 0.3) is 0 Å². The predicted octanol–water partition coefficient (Wildman–Crippen LogP) is 3.17. The molecule has 1 heterocycles. The number of piperazine rings is 1. The van der Waals surface area contributed by atoms with Gasteiger partial charge in [-0.05, 0) is 31.0 Å². The van der Waals surface area contributed by atoms with Gasteiger partial charge in [-0.15, -0.1) is 12.4 Å². The average Bonchev–Trinajstić information content (AvgIpc) is 2.37. The summed E-state index contributed by atoms with van der Waals surface area (Å²) in [6.07, 6.45) is 1.15. The van der Waals surface area contributed by atoms with Crippen molar-refractivity contribution in [2.75, 3.05) is 19.6 Å². The molecule has 0 aromatic heterocycles. The minimum absolute atomic E-state index is 0. The molecule has 1 unspecified atom stereocenters. The van der Waals surface area contributed by atoms with Crippen LogP contribution >= 0.6 is 35.6 Å². The number of nitrogens with zero attached hydrogens (tertiary/aromatic N) is 1. The van der Waals surface area contributed by atoms with Crippen LogP contribution in [0.15, 0.2) is 18.2 Å². The van der Waals surface area contributed by atoms with Crippen LogP contribution in [-0.4, -0.2) is 36.5 Å². The highest BCUT2D eigenvalue weighted by Gasteiger charge is 2.20. The third kappa shape index (κ3) is 4.81. The van der Waals surface area contributed by atoms with Crippen LogP contribution < -0.4 is 5.32 Å². The molecule has 0 radical (unpaired) electrons. The lowest BCUT2D eigenvalue weighted by atomic mass is 10.1. The molecular weight excluding hydrogens is 319 g/mol. The van der Waals surface area contributed by atoms with E-state index in [0.717, 1.165) is 25.2 Å². The quantitative estimate of drug-likeness (QED) is 0.919. The van der Waals surface area contributed by atoms with E-state index >= 15 is 0 Å². The maximum atomic E-state index is 12.1. The van der Waals surface area contributed by atoms with Gasteiger partial charge in [-0.25, -0.2) is 0 Å². The third-order valence-electron chi connectivity index (χ3n) is 3.34. The van der Waals surface area contributed by atoms with Crippen molar-refractivity contribution in [2.24, 2.45) is 0 Å². The maximum Gasteiger partial charge on any atom is 0.222 e. The van der Waals surface area contributed by atoms with Gasteiger partial charge in [0.05, 0.1) is 0 Å². The van der Waals surface area contributed by atoms with Gasteiger partial charge in [-0.2, -0.15) is 0 Å². The van der Waals surface area contributed by atoms with Crippen molar-refractivity contribution in [1.82, 2.24) is 10.2 Å². The first kappa shape index (κ1) is 17.6. The molecule has 1 atom stereocenters. The fourth-order valence-corrected chi connectivity index (χ4v) is 2.79. The highest BCUT2D eigenvalue weighted by molar-refractivity contribution is 6.35. The predicted molar refractivity (Wildman–Crippen MR) is 86.1 cm³/mol. The SMILES string of the molecule is CC1CN(C(=O)CCc2ccc(Cl)cc2Cl)CCN1.Cl. The molecule has 0 bridgehead atoms. The van der Waals surface area contributed by atoms with E-state index < -0.39 is 0 Å². The van der Waals surface area contributed by atoms with E-state index in [-0.39, 0.29) is 18.3 Å². The number of amides is 1. The second kappa shape index (κ2) is 8.08. The van der Waals surface area contributed by atoms with Gasteiger partial charge in [0.2, 0.25) is 5.91 Å². The zero-order valence-electron chi connectivity index (χ0n) is 11.4. The van der Waals surface area contributed by atoms with Crippen molar-refractivity contribution in [2.45, 2.75) is 25.8 Å². The Morgan fingerprint density at radius 1 is 1.45 bits per heavy atom. The smallest absolute Gasteiger partial charge is 0.222 e. The second-order valence-electron chi connectivity index (χ2n) is 4.93. The molecule has 1 aromatic carbocycles. The van der Waals surface area contributed by atoms with E-state index in [0.29, 0.717) is 28.9 Å². The lowest BCUT2D eigenvalue weighted by Crippen LogP contribution is -2.51.